The lowest BCUT2D eigenvalue weighted by molar-refractivity contribution is 0.398. The van der Waals surface area contributed by atoms with Crippen molar-refractivity contribution in [1.82, 2.24) is 9.97 Å². The molecule has 0 aliphatic heterocycles. The van der Waals surface area contributed by atoms with E-state index in [1.807, 2.05) is 31.2 Å². The standard InChI is InChI=1S/C22H16ClN3O/c1-13-9-14(12-24)3-5-17(13)15-4-6-19-16(10-15)11-20(26-19)18-7-8-25-22(27-2)21(18)23/h3-11,26H,1-2H3. The van der Waals surface area contributed by atoms with Crippen LogP contribution in [0.4, 0.5) is 0 Å². The van der Waals surface area contributed by atoms with Crippen molar-refractivity contribution in [2.75, 3.05) is 7.11 Å². The van der Waals surface area contributed by atoms with Crippen LogP contribution in [0.1, 0.15) is 11.1 Å². The van der Waals surface area contributed by atoms with Crippen LogP contribution in [0, 0.1) is 18.3 Å². The van der Waals surface area contributed by atoms with E-state index < -0.39 is 0 Å². The van der Waals surface area contributed by atoms with Gasteiger partial charge in [-0.15, -0.1) is 0 Å². The second kappa shape index (κ2) is 6.79. The summed E-state index contributed by atoms with van der Waals surface area (Å²) in [5.41, 5.74) is 6.73. The molecule has 4 nitrogen and oxygen atoms in total. The van der Waals surface area contributed by atoms with Crippen molar-refractivity contribution in [3.8, 4) is 34.3 Å². The number of nitriles is 1. The van der Waals surface area contributed by atoms with Gasteiger partial charge in [-0.25, -0.2) is 4.98 Å². The van der Waals surface area contributed by atoms with Gasteiger partial charge in [0.15, 0.2) is 0 Å². The van der Waals surface area contributed by atoms with Crippen LogP contribution in [-0.4, -0.2) is 17.1 Å². The van der Waals surface area contributed by atoms with Crippen molar-refractivity contribution in [2.24, 2.45) is 0 Å². The number of halogens is 1. The molecule has 132 valence electrons. The smallest absolute Gasteiger partial charge is 0.232 e. The van der Waals surface area contributed by atoms with Crippen molar-refractivity contribution >= 4 is 22.5 Å². The molecule has 4 rings (SSSR count). The number of H-pyrrole nitrogens is 1. The molecule has 0 saturated heterocycles. The summed E-state index contributed by atoms with van der Waals surface area (Å²) in [7, 11) is 1.55. The number of rotatable bonds is 3. The van der Waals surface area contributed by atoms with E-state index in [0.717, 1.165) is 38.9 Å². The van der Waals surface area contributed by atoms with Crippen molar-refractivity contribution in [2.45, 2.75) is 6.92 Å². The third-order valence-electron chi connectivity index (χ3n) is 4.63. The van der Waals surface area contributed by atoms with Crippen LogP contribution >= 0.6 is 11.6 Å². The minimum absolute atomic E-state index is 0.404. The van der Waals surface area contributed by atoms with E-state index in [0.29, 0.717) is 16.5 Å². The van der Waals surface area contributed by atoms with E-state index in [1.54, 1.807) is 13.3 Å². The Bertz CT molecular complexity index is 1200. The first-order valence-corrected chi connectivity index (χ1v) is 8.81. The number of nitrogens with zero attached hydrogens (tertiary/aromatic N) is 2. The molecule has 2 heterocycles. The second-order valence-corrected chi connectivity index (χ2v) is 6.69. The monoisotopic (exact) mass is 373 g/mol. The molecule has 2 aromatic heterocycles. The van der Waals surface area contributed by atoms with Crippen LogP contribution in [0.5, 0.6) is 5.88 Å². The molecule has 0 aliphatic carbocycles. The van der Waals surface area contributed by atoms with Crippen LogP contribution in [0.3, 0.4) is 0 Å². The van der Waals surface area contributed by atoms with Gasteiger partial charge in [0.25, 0.3) is 0 Å². The van der Waals surface area contributed by atoms with Gasteiger partial charge in [0, 0.05) is 28.4 Å². The average Bonchev–Trinajstić information content (AvgIpc) is 3.11. The normalized spacial score (nSPS) is 10.7. The zero-order valence-electron chi connectivity index (χ0n) is 14.9. The Morgan fingerprint density at radius 1 is 1.07 bits per heavy atom. The fourth-order valence-corrected chi connectivity index (χ4v) is 3.57. The molecule has 1 N–H and O–H groups in total. The third kappa shape index (κ3) is 3.03. The Labute approximate surface area is 162 Å². The van der Waals surface area contributed by atoms with E-state index >= 15 is 0 Å². The highest BCUT2D eigenvalue weighted by Gasteiger charge is 2.13. The summed E-state index contributed by atoms with van der Waals surface area (Å²) in [6, 6.07) is 18.1. The van der Waals surface area contributed by atoms with E-state index in [9.17, 15) is 0 Å². The lowest BCUT2D eigenvalue weighted by Crippen LogP contribution is -1.90. The molecule has 0 unspecified atom stereocenters. The van der Waals surface area contributed by atoms with Gasteiger partial charge in [-0.3, -0.25) is 0 Å². The molecule has 0 radical (unpaired) electrons. The largest absolute Gasteiger partial charge is 0.480 e. The summed E-state index contributed by atoms with van der Waals surface area (Å²) in [6.45, 7) is 2.02. The molecule has 0 amide bonds. The van der Waals surface area contributed by atoms with Gasteiger partial charge in [0.05, 0.1) is 18.7 Å². The predicted molar refractivity (Wildman–Crippen MR) is 108 cm³/mol. The number of aromatic nitrogens is 2. The van der Waals surface area contributed by atoms with Gasteiger partial charge in [0.2, 0.25) is 5.88 Å². The first kappa shape index (κ1) is 17.1. The van der Waals surface area contributed by atoms with Gasteiger partial charge in [0.1, 0.15) is 5.02 Å². The number of aromatic amines is 1. The van der Waals surface area contributed by atoms with Crippen LogP contribution < -0.4 is 4.74 Å². The summed E-state index contributed by atoms with van der Waals surface area (Å²) in [5, 5.41) is 10.6. The molecule has 0 spiro atoms. The summed E-state index contributed by atoms with van der Waals surface area (Å²) in [5.74, 6) is 0.404. The zero-order chi connectivity index (χ0) is 19.0. The molecule has 5 heteroatoms. The highest BCUT2D eigenvalue weighted by atomic mass is 35.5. The van der Waals surface area contributed by atoms with E-state index in [1.165, 1.54) is 0 Å². The molecular formula is C22H16ClN3O. The summed E-state index contributed by atoms with van der Waals surface area (Å²) >= 11 is 6.41. The van der Waals surface area contributed by atoms with E-state index in [-0.39, 0.29) is 0 Å². The molecule has 4 aromatic rings. The zero-order valence-corrected chi connectivity index (χ0v) is 15.6. The highest BCUT2D eigenvalue weighted by Crippen LogP contribution is 2.35. The summed E-state index contributed by atoms with van der Waals surface area (Å²) in [6.07, 6.45) is 1.68. The molecule has 0 aliphatic rings. The first-order valence-electron chi connectivity index (χ1n) is 8.43. The first-order chi connectivity index (χ1) is 13.1. The number of pyridine rings is 1. The van der Waals surface area contributed by atoms with Gasteiger partial charge in [-0.1, -0.05) is 23.7 Å². The molecule has 27 heavy (non-hydrogen) atoms. The number of methoxy groups -OCH3 is 1. The van der Waals surface area contributed by atoms with E-state index in [2.05, 4.69) is 40.3 Å². The van der Waals surface area contributed by atoms with Crippen molar-refractivity contribution < 1.29 is 4.74 Å². The number of hydrogen-bond acceptors (Lipinski definition) is 3. The van der Waals surface area contributed by atoms with Crippen LogP contribution in [-0.2, 0) is 0 Å². The van der Waals surface area contributed by atoms with Crippen LogP contribution in [0.25, 0.3) is 33.3 Å². The molecule has 2 aromatic carbocycles. The Balaban J connectivity index is 1.80. The fourth-order valence-electron chi connectivity index (χ4n) is 3.28. The molecule has 0 atom stereocenters. The quantitative estimate of drug-likeness (QED) is 0.498. The Hall–Kier alpha value is -3.29. The minimum Gasteiger partial charge on any atom is -0.480 e. The highest BCUT2D eigenvalue weighted by molar-refractivity contribution is 6.34. The van der Waals surface area contributed by atoms with Crippen molar-refractivity contribution in [3.63, 3.8) is 0 Å². The maximum absolute atomic E-state index is 9.06. The molecule has 0 bridgehead atoms. The number of hydrogen-bond donors (Lipinski definition) is 1. The third-order valence-corrected chi connectivity index (χ3v) is 4.99. The van der Waals surface area contributed by atoms with Crippen molar-refractivity contribution in [1.29, 1.82) is 5.26 Å². The van der Waals surface area contributed by atoms with Gasteiger partial charge in [-0.05, 0) is 60.0 Å². The van der Waals surface area contributed by atoms with Gasteiger partial charge in [-0.2, -0.15) is 5.26 Å². The van der Waals surface area contributed by atoms with Crippen LogP contribution in [0.2, 0.25) is 5.02 Å². The predicted octanol–water partition coefficient (Wildman–Crippen LogP) is 5.74. The maximum Gasteiger partial charge on any atom is 0.232 e. The molecule has 0 saturated carbocycles. The topological polar surface area (TPSA) is 61.7 Å². The summed E-state index contributed by atoms with van der Waals surface area (Å²) < 4.78 is 5.21. The Kier molecular flexibility index (Phi) is 4.31. The van der Waals surface area contributed by atoms with Gasteiger partial charge < -0.3 is 9.72 Å². The Morgan fingerprint density at radius 3 is 2.67 bits per heavy atom. The average molecular weight is 374 g/mol. The maximum atomic E-state index is 9.06. The van der Waals surface area contributed by atoms with Crippen molar-refractivity contribution in [3.05, 3.63) is 70.9 Å². The minimum atomic E-state index is 0.404. The Morgan fingerprint density at radius 2 is 1.93 bits per heavy atom. The number of benzene rings is 2. The number of fused-ring (bicyclic) bond motifs is 1. The molecule has 0 fully saturated rings. The number of ether oxygens (including phenoxy) is 1. The molecular weight excluding hydrogens is 358 g/mol. The lowest BCUT2D eigenvalue weighted by atomic mass is 9.98. The summed E-state index contributed by atoms with van der Waals surface area (Å²) in [4.78, 5) is 7.53. The lowest BCUT2D eigenvalue weighted by Gasteiger charge is -2.06. The fraction of sp³-hybridized carbons (Fsp3) is 0.0909. The second-order valence-electron chi connectivity index (χ2n) is 6.31. The number of aryl methyl sites for hydroxylation is 1. The SMILES string of the molecule is COc1nccc(-c2cc3cc(-c4ccc(C#N)cc4C)ccc3[nH]2)c1Cl. The van der Waals surface area contributed by atoms with E-state index in [4.69, 9.17) is 21.6 Å². The van der Waals surface area contributed by atoms with Gasteiger partial charge >= 0.3 is 0 Å². The number of nitrogens with one attached hydrogen (secondary N) is 1. The van der Waals surface area contributed by atoms with Crippen LogP contribution in [0.15, 0.2) is 54.7 Å².